The molecule has 0 aromatic heterocycles. The number of anilines is 1. The quantitative estimate of drug-likeness (QED) is 0.794. The van der Waals surface area contributed by atoms with E-state index in [0.717, 1.165) is 0 Å². The Hall–Kier alpha value is -1.26. The van der Waals surface area contributed by atoms with Crippen LogP contribution >= 0.6 is 12.4 Å². The summed E-state index contributed by atoms with van der Waals surface area (Å²) in [5.41, 5.74) is 6.93. The maximum absolute atomic E-state index is 12.3. The van der Waals surface area contributed by atoms with Crippen molar-refractivity contribution in [2.75, 3.05) is 18.8 Å². The molecule has 18 heavy (non-hydrogen) atoms. The van der Waals surface area contributed by atoms with Crippen molar-refractivity contribution >= 4 is 24.0 Å². The largest absolute Gasteiger partial charge is 0.398 e. The molecule has 5 heteroatoms. The molecule has 1 saturated heterocycles. The van der Waals surface area contributed by atoms with E-state index >= 15 is 0 Å². The van der Waals surface area contributed by atoms with Crippen LogP contribution in [0.4, 0.5) is 5.69 Å². The highest BCUT2D eigenvalue weighted by Gasteiger charge is 2.27. The van der Waals surface area contributed by atoms with Gasteiger partial charge in [-0.3, -0.25) is 4.79 Å². The second-order valence-corrected chi connectivity index (χ2v) is 4.55. The molecule has 0 bridgehead atoms. The average Bonchev–Trinajstić information content (AvgIpc) is 2.27. The fraction of sp³-hybridized carbons (Fsp3) is 0.462. The summed E-state index contributed by atoms with van der Waals surface area (Å²) in [6.07, 6.45) is 0.153. The van der Waals surface area contributed by atoms with Gasteiger partial charge < -0.3 is 15.4 Å². The van der Waals surface area contributed by atoms with Crippen LogP contribution in [0.15, 0.2) is 24.3 Å². The second kappa shape index (κ2) is 6.07. The van der Waals surface area contributed by atoms with Crippen LogP contribution in [0.1, 0.15) is 24.2 Å². The number of carbonyl (C=O) groups excluding carboxylic acids is 1. The van der Waals surface area contributed by atoms with E-state index in [0.29, 0.717) is 24.3 Å². The smallest absolute Gasteiger partial charge is 0.256 e. The molecule has 4 nitrogen and oxygen atoms in total. The zero-order chi connectivity index (χ0) is 12.4. The number of halogens is 1. The third-order valence-corrected chi connectivity index (χ3v) is 2.90. The first kappa shape index (κ1) is 14.8. The van der Waals surface area contributed by atoms with Crippen LogP contribution in [-0.4, -0.2) is 36.1 Å². The van der Waals surface area contributed by atoms with E-state index in [2.05, 4.69) is 0 Å². The number of amides is 1. The topological polar surface area (TPSA) is 55.6 Å². The number of nitrogens with two attached hydrogens (primary N) is 1. The van der Waals surface area contributed by atoms with Crippen molar-refractivity contribution in [2.45, 2.75) is 26.1 Å². The maximum Gasteiger partial charge on any atom is 0.256 e. The molecule has 2 atom stereocenters. The highest BCUT2D eigenvalue weighted by Crippen LogP contribution is 2.17. The molecule has 0 aliphatic carbocycles. The van der Waals surface area contributed by atoms with Gasteiger partial charge in [0.25, 0.3) is 5.91 Å². The molecule has 0 spiro atoms. The number of para-hydroxylation sites is 1. The lowest BCUT2D eigenvalue weighted by molar-refractivity contribution is -0.0585. The predicted octanol–water partition coefficient (Wildman–Crippen LogP) is 1.94. The Labute approximate surface area is 114 Å². The van der Waals surface area contributed by atoms with Crippen LogP contribution in [0.2, 0.25) is 0 Å². The lowest BCUT2D eigenvalue weighted by Gasteiger charge is -2.35. The van der Waals surface area contributed by atoms with Crippen LogP contribution in [-0.2, 0) is 4.74 Å². The van der Waals surface area contributed by atoms with Crippen molar-refractivity contribution < 1.29 is 9.53 Å². The van der Waals surface area contributed by atoms with Crippen molar-refractivity contribution in [3.05, 3.63) is 29.8 Å². The molecule has 1 heterocycles. The molecule has 0 radical (unpaired) electrons. The Bertz CT molecular complexity index is 415. The van der Waals surface area contributed by atoms with Gasteiger partial charge >= 0.3 is 0 Å². The summed E-state index contributed by atoms with van der Waals surface area (Å²) in [5, 5.41) is 0. The number of nitrogens with zero attached hydrogens (tertiary/aromatic N) is 1. The Morgan fingerprint density at radius 2 is 1.83 bits per heavy atom. The van der Waals surface area contributed by atoms with Crippen molar-refractivity contribution in [2.24, 2.45) is 0 Å². The van der Waals surface area contributed by atoms with E-state index in [-0.39, 0.29) is 30.5 Å². The number of ether oxygens (including phenoxy) is 1. The monoisotopic (exact) mass is 270 g/mol. The van der Waals surface area contributed by atoms with Gasteiger partial charge in [0.05, 0.1) is 17.8 Å². The molecule has 100 valence electrons. The molecule has 1 aliphatic rings. The lowest BCUT2D eigenvalue weighted by atomic mass is 10.1. The van der Waals surface area contributed by atoms with Gasteiger partial charge in [0.1, 0.15) is 0 Å². The van der Waals surface area contributed by atoms with Crippen molar-refractivity contribution in [3.8, 4) is 0 Å². The van der Waals surface area contributed by atoms with Gasteiger partial charge in [-0.25, -0.2) is 0 Å². The van der Waals surface area contributed by atoms with E-state index in [1.54, 1.807) is 12.1 Å². The molecule has 0 saturated carbocycles. The first-order valence-corrected chi connectivity index (χ1v) is 5.87. The summed E-state index contributed by atoms with van der Waals surface area (Å²) in [4.78, 5) is 14.1. The maximum atomic E-state index is 12.3. The van der Waals surface area contributed by atoms with E-state index in [9.17, 15) is 4.79 Å². The van der Waals surface area contributed by atoms with Gasteiger partial charge in [-0.05, 0) is 26.0 Å². The molecule has 1 aromatic rings. The Morgan fingerprint density at radius 3 is 2.39 bits per heavy atom. The molecule has 2 unspecified atom stereocenters. The first-order valence-electron chi connectivity index (χ1n) is 5.87. The van der Waals surface area contributed by atoms with Crippen LogP contribution in [0.3, 0.4) is 0 Å². The van der Waals surface area contributed by atoms with Gasteiger partial charge in [-0.2, -0.15) is 0 Å². The highest BCUT2D eigenvalue weighted by molar-refractivity contribution is 5.99. The summed E-state index contributed by atoms with van der Waals surface area (Å²) in [5.74, 6) is -0.00917. The second-order valence-electron chi connectivity index (χ2n) is 4.55. The Balaban J connectivity index is 0.00000162. The van der Waals surface area contributed by atoms with Gasteiger partial charge in [-0.1, -0.05) is 12.1 Å². The number of hydrogen-bond donors (Lipinski definition) is 1. The van der Waals surface area contributed by atoms with E-state index in [1.807, 2.05) is 30.9 Å². The molecule has 1 aliphatic heterocycles. The normalized spacial score (nSPS) is 23.3. The summed E-state index contributed by atoms with van der Waals surface area (Å²) in [6.45, 7) is 5.20. The third kappa shape index (κ3) is 3.15. The number of nitrogen functional groups attached to an aromatic ring is 1. The Morgan fingerprint density at radius 1 is 1.28 bits per heavy atom. The van der Waals surface area contributed by atoms with Crippen molar-refractivity contribution in [1.82, 2.24) is 4.90 Å². The molecular weight excluding hydrogens is 252 g/mol. The minimum Gasteiger partial charge on any atom is -0.398 e. The van der Waals surface area contributed by atoms with Crippen LogP contribution < -0.4 is 5.73 Å². The summed E-state index contributed by atoms with van der Waals surface area (Å²) in [7, 11) is 0. The highest BCUT2D eigenvalue weighted by atomic mass is 35.5. The van der Waals surface area contributed by atoms with Crippen molar-refractivity contribution in [1.29, 1.82) is 0 Å². The SMILES string of the molecule is CC1CN(C(=O)c2ccccc2N)CC(C)O1.Cl. The van der Waals surface area contributed by atoms with Crippen LogP contribution in [0.5, 0.6) is 0 Å². The lowest BCUT2D eigenvalue weighted by Crippen LogP contribution is -2.48. The van der Waals surface area contributed by atoms with Gasteiger partial charge in [0, 0.05) is 18.8 Å². The minimum absolute atomic E-state index is 0. The molecule has 1 aromatic carbocycles. The summed E-state index contributed by atoms with van der Waals surface area (Å²) < 4.78 is 5.61. The number of carbonyl (C=O) groups is 1. The van der Waals surface area contributed by atoms with Crippen molar-refractivity contribution in [3.63, 3.8) is 0 Å². The van der Waals surface area contributed by atoms with E-state index in [1.165, 1.54) is 0 Å². The number of benzene rings is 1. The summed E-state index contributed by atoms with van der Waals surface area (Å²) >= 11 is 0. The predicted molar refractivity (Wildman–Crippen MR) is 74.0 cm³/mol. The number of hydrogen-bond acceptors (Lipinski definition) is 3. The third-order valence-electron chi connectivity index (χ3n) is 2.90. The molecule has 1 amide bonds. The van der Waals surface area contributed by atoms with Gasteiger partial charge in [0.2, 0.25) is 0 Å². The van der Waals surface area contributed by atoms with Gasteiger partial charge in [-0.15, -0.1) is 12.4 Å². The number of morpholine rings is 1. The number of rotatable bonds is 1. The Kier molecular flexibility index (Phi) is 4.99. The fourth-order valence-electron chi connectivity index (χ4n) is 2.21. The molecule has 1 fully saturated rings. The van der Waals surface area contributed by atoms with E-state index in [4.69, 9.17) is 10.5 Å². The zero-order valence-corrected chi connectivity index (χ0v) is 11.4. The van der Waals surface area contributed by atoms with E-state index < -0.39 is 0 Å². The average molecular weight is 271 g/mol. The zero-order valence-electron chi connectivity index (χ0n) is 10.6. The first-order chi connectivity index (χ1) is 8.08. The molecular formula is C13H19ClN2O2. The molecule has 2 N–H and O–H groups in total. The van der Waals surface area contributed by atoms with Gasteiger partial charge in [0.15, 0.2) is 0 Å². The minimum atomic E-state index is -0.00917. The van der Waals surface area contributed by atoms with Crippen LogP contribution in [0, 0.1) is 0 Å². The standard InChI is InChI=1S/C13H18N2O2.ClH/c1-9-7-15(8-10(2)17-9)13(16)11-5-3-4-6-12(11)14;/h3-6,9-10H,7-8,14H2,1-2H3;1H. The fourth-order valence-corrected chi connectivity index (χ4v) is 2.21. The molecule has 2 rings (SSSR count). The summed E-state index contributed by atoms with van der Waals surface area (Å²) in [6, 6.07) is 7.18. The van der Waals surface area contributed by atoms with Crippen LogP contribution in [0.25, 0.3) is 0 Å².